The average molecular weight is 401 g/mol. The molecule has 0 bridgehead atoms. The van der Waals surface area contributed by atoms with Crippen LogP contribution in [0.1, 0.15) is 54.5 Å². The smallest absolute Gasteiger partial charge is 0.358 e. The molecule has 1 saturated heterocycles. The first-order valence-electron chi connectivity index (χ1n) is 9.82. The molecule has 29 heavy (non-hydrogen) atoms. The normalized spacial score (nSPS) is 26.2. The first kappa shape index (κ1) is 17.2. The fourth-order valence-corrected chi connectivity index (χ4v) is 4.80. The molecule has 9 heteroatoms. The van der Waals surface area contributed by atoms with E-state index < -0.39 is 17.7 Å². The summed E-state index contributed by atoms with van der Waals surface area (Å²) in [5.74, 6) is -0.398. The highest BCUT2D eigenvalue weighted by atomic mass is 19.4. The van der Waals surface area contributed by atoms with Crippen LogP contribution in [0.5, 0.6) is 0 Å². The molecule has 0 spiro atoms. The molecular weight excluding hydrogens is 383 g/mol. The van der Waals surface area contributed by atoms with Gasteiger partial charge >= 0.3 is 6.18 Å². The van der Waals surface area contributed by atoms with Gasteiger partial charge in [0.15, 0.2) is 11.9 Å². The Bertz CT molecular complexity index is 1110. The topological polar surface area (TPSA) is 68.2 Å². The minimum absolute atomic E-state index is 0.209. The molecule has 3 aliphatic rings. The number of fused-ring (bicyclic) bond motifs is 3. The molecule has 4 heterocycles. The fraction of sp³-hybridized carbons (Fsp3) is 0.450. The summed E-state index contributed by atoms with van der Waals surface area (Å²) in [5.41, 5.74) is 1.94. The summed E-state index contributed by atoms with van der Waals surface area (Å²) in [6, 6.07) is 4.10. The summed E-state index contributed by atoms with van der Waals surface area (Å²) >= 11 is 0. The lowest BCUT2D eigenvalue weighted by atomic mass is 9.86. The number of epoxide rings is 1. The van der Waals surface area contributed by atoms with Crippen molar-refractivity contribution in [3.05, 3.63) is 47.5 Å². The van der Waals surface area contributed by atoms with E-state index >= 15 is 0 Å². The van der Waals surface area contributed by atoms with E-state index in [2.05, 4.69) is 20.4 Å². The third-order valence-electron chi connectivity index (χ3n) is 6.25. The highest BCUT2D eigenvalue weighted by Crippen LogP contribution is 2.49. The maximum Gasteiger partial charge on any atom is 0.416 e. The van der Waals surface area contributed by atoms with Crippen LogP contribution in [0.2, 0.25) is 0 Å². The number of hydrogen-bond acceptors (Lipinski definition) is 5. The molecule has 2 aromatic heterocycles. The predicted molar refractivity (Wildman–Crippen MR) is 98.4 cm³/mol. The Labute approximate surface area is 164 Å². The van der Waals surface area contributed by atoms with Gasteiger partial charge in [0.1, 0.15) is 12.4 Å². The molecule has 1 aromatic carbocycles. The van der Waals surface area contributed by atoms with Gasteiger partial charge in [-0.15, -0.1) is 0 Å². The number of halogens is 3. The van der Waals surface area contributed by atoms with E-state index in [1.807, 2.05) is 4.68 Å². The van der Waals surface area contributed by atoms with Crippen molar-refractivity contribution in [1.82, 2.24) is 19.7 Å². The van der Waals surface area contributed by atoms with Crippen LogP contribution >= 0.6 is 0 Å². The number of nitrogens with zero attached hydrogens (tertiary/aromatic N) is 4. The number of ether oxygens (including phenoxy) is 1. The lowest BCUT2D eigenvalue weighted by Gasteiger charge is -2.24. The lowest BCUT2D eigenvalue weighted by Crippen LogP contribution is -2.24. The van der Waals surface area contributed by atoms with Crippen LogP contribution in [0, 0.1) is 0 Å². The van der Waals surface area contributed by atoms with E-state index in [0.29, 0.717) is 23.0 Å². The molecule has 3 unspecified atom stereocenters. The van der Waals surface area contributed by atoms with E-state index in [-0.39, 0.29) is 12.3 Å². The Hall–Kier alpha value is -2.68. The van der Waals surface area contributed by atoms with Crippen LogP contribution in [0.25, 0.3) is 11.0 Å². The largest absolute Gasteiger partial charge is 0.416 e. The highest BCUT2D eigenvalue weighted by molar-refractivity contribution is 5.79. The van der Waals surface area contributed by atoms with Crippen LogP contribution < -0.4 is 5.32 Å². The Morgan fingerprint density at radius 1 is 1.14 bits per heavy atom. The van der Waals surface area contributed by atoms with E-state index in [1.54, 1.807) is 6.20 Å². The molecule has 0 radical (unpaired) electrons. The zero-order valence-electron chi connectivity index (χ0n) is 15.4. The van der Waals surface area contributed by atoms with E-state index in [4.69, 9.17) is 4.74 Å². The Morgan fingerprint density at radius 2 is 1.97 bits per heavy atom. The van der Waals surface area contributed by atoms with Crippen molar-refractivity contribution in [1.29, 1.82) is 0 Å². The van der Waals surface area contributed by atoms with Crippen molar-refractivity contribution >= 4 is 16.7 Å². The van der Waals surface area contributed by atoms with Crippen LogP contribution in [0.4, 0.5) is 18.9 Å². The van der Waals surface area contributed by atoms with E-state index in [1.165, 1.54) is 31.3 Å². The van der Waals surface area contributed by atoms with Gasteiger partial charge in [-0.2, -0.15) is 18.3 Å². The number of alkyl halides is 3. The van der Waals surface area contributed by atoms with Crippen molar-refractivity contribution in [2.75, 3.05) is 5.32 Å². The van der Waals surface area contributed by atoms with Gasteiger partial charge in [0, 0.05) is 5.69 Å². The monoisotopic (exact) mass is 401 g/mol. The predicted octanol–water partition coefficient (Wildman–Crippen LogP) is 4.24. The molecule has 0 amide bonds. The van der Waals surface area contributed by atoms with Crippen molar-refractivity contribution < 1.29 is 17.9 Å². The molecular formula is C20H18F3N5O. The van der Waals surface area contributed by atoms with Gasteiger partial charge in [-0.3, -0.25) is 0 Å². The third kappa shape index (κ3) is 2.63. The quantitative estimate of drug-likeness (QED) is 0.651. The molecule has 3 atom stereocenters. The van der Waals surface area contributed by atoms with Gasteiger partial charge in [0.25, 0.3) is 0 Å². The number of anilines is 1. The zero-order chi connectivity index (χ0) is 19.8. The first-order chi connectivity index (χ1) is 14.0. The first-order valence-corrected chi connectivity index (χ1v) is 9.82. The van der Waals surface area contributed by atoms with Gasteiger partial charge in [0.2, 0.25) is 0 Å². The number of nitrogens with one attached hydrogen (secondary N) is 1. The van der Waals surface area contributed by atoms with Gasteiger partial charge < -0.3 is 10.1 Å². The van der Waals surface area contributed by atoms with Crippen molar-refractivity contribution in [3.8, 4) is 0 Å². The summed E-state index contributed by atoms with van der Waals surface area (Å²) in [5, 5.41) is 8.50. The Kier molecular flexibility index (Phi) is 3.51. The number of aromatic nitrogens is 4. The molecule has 2 fully saturated rings. The minimum Gasteiger partial charge on any atom is -0.358 e. The molecule has 6 rings (SSSR count). The summed E-state index contributed by atoms with van der Waals surface area (Å²) in [7, 11) is 0. The number of rotatable bonds is 2. The molecule has 6 nitrogen and oxygen atoms in total. The standard InChI is InChI=1S/C20H18F3N5O/c21-20(22,23)10-5-6-14-12(7-10)15(17-19(27-14)29-17)16-13-8-26-28(11-3-1-2-4-11)18(13)25-9-24-16/h5-9,11,15,17,19,27H,1-4H2. The molecule has 3 aromatic rings. The lowest BCUT2D eigenvalue weighted by molar-refractivity contribution is -0.137. The molecule has 1 saturated carbocycles. The second-order valence-corrected chi connectivity index (χ2v) is 7.97. The summed E-state index contributed by atoms with van der Waals surface area (Å²) in [6.07, 6.45) is 2.83. The second kappa shape index (κ2) is 5.91. The van der Waals surface area contributed by atoms with Crippen molar-refractivity contribution in [3.63, 3.8) is 0 Å². The summed E-state index contributed by atoms with van der Waals surface area (Å²) < 4.78 is 47.7. The molecule has 150 valence electrons. The van der Waals surface area contributed by atoms with E-state index in [0.717, 1.165) is 29.9 Å². The van der Waals surface area contributed by atoms with Crippen molar-refractivity contribution in [2.45, 2.75) is 56.2 Å². The SMILES string of the molecule is FC(F)(F)c1ccc2c(c1)C(c1ncnc3c1cnn3C1CCCC1)C1OC1N2. The summed E-state index contributed by atoms with van der Waals surface area (Å²) in [6.45, 7) is 0. The van der Waals surface area contributed by atoms with E-state index in [9.17, 15) is 13.2 Å². The number of hydrogen-bond donors (Lipinski definition) is 1. The number of benzene rings is 1. The van der Waals surface area contributed by atoms with Crippen LogP contribution in [0.3, 0.4) is 0 Å². The summed E-state index contributed by atoms with van der Waals surface area (Å²) in [4.78, 5) is 8.93. The Balaban J connectivity index is 1.50. The Morgan fingerprint density at radius 3 is 2.76 bits per heavy atom. The minimum atomic E-state index is -4.41. The highest BCUT2D eigenvalue weighted by Gasteiger charge is 2.52. The van der Waals surface area contributed by atoms with Gasteiger partial charge in [-0.1, -0.05) is 12.8 Å². The molecule has 1 N–H and O–H groups in total. The second-order valence-electron chi connectivity index (χ2n) is 7.97. The molecule has 2 aliphatic heterocycles. The van der Waals surface area contributed by atoms with Gasteiger partial charge in [0.05, 0.1) is 34.8 Å². The maximum absolute atomic E-state index is 13.3. The fourth-order valence-electron chi connectivity index (χ4n) is 4.80. The zero-order valence-corrected chi connectivity index (χ0v) is 15.4. The average Bonchev–Trinajstić information content (AvgIpc) is 3.09. The molecule has 1 aliphatic carbocycles. The third-order valence-corrected chi connectivity index (χ3v) is 6.25. The van der Waals surface area contributed by atoms with Gasteiger partial charge in [-0.25, -0.2) is 14.6 Å². The maximum atomic E-state index is 13.3. The van der Waals surface area contributed by atoms with Crippen LogP contribution in [-0.2, 0) is 10.9 Å². The van der Waals surface area contributed by atoms with Crippen LogP contribution in [0.15, 0.2) is 30.7 Å². The van der Waals surface area contributed by atoms with Gasteiger partial charge in [-0.05, 0) is 36.6 Å². The van der Waals surface area contributed by atoms with Crippen LogP contribution in [-0.4, -0.2) is 32.1 Å². The van der Waals surface area contributed by atoms with Crippen molar-refractivity contribution in [2.24, 2.45) is 0 Å².